The van der Waals surface area contributed by atoms with Gasteiger partial charge in [0.2, 0.25) is 0 Å². The Labute approximate surface area is 121 Å². The van der Waals surface area contributed by atoms with Crippen molar-refractivity contribution >= 4 is 0 Å². The van der Waals surface area contributed by atoms with Gasteiger partial charge < -0.3 is 5.32 Å². The standard InChI is InChI=1S/C17H36N2/c1-14(2)11-12-19(16-9-7-8-10-16)15(3)13-18-17(4,5)6/h14-16,18H,7-13H2,1-6H3. The topological polar surface area (TPSA) is 15.3 Å². The van der Waals surface area contributed by atoms with Crippen molar-refractivity contribution < 1.29 is 0 Å². The first-order chi connectivity index (χ1) is 8.79. The molecule has 1 rings (SSSR count). The first kappa shape index (κ1) is 17.0. The maximum absolute atomic E-state index is 3.67. The summed E-state index contributed by atoms with van der Waals surface area (Å²) in [4.78, 5) is 2.78. The van der Waals surface area contributed by atoms with Crippen molar-refractivity contribution in [2.45, 2.75) is 91.3 Å². The molecule has 1 fully saturated rings. The van der Waals surface area contributed by atoms with Crippen molar-refractivity contribution in [2.75, 3.05) is 13.1 Å². The van der Waals surface area contributed by atoms with Crippen molar-refractivity contribution in [1.82, 2.24) is 10.2 Å². The third-order valence-electron chi connectivity index (χ3n) is 4.25. The number of hydrogen-bond donors (Lipinski definition) is 1. The van der Waals surface area contributed by atoms with Crippen molar-refractivity contribution in [3.63, 3.8) is 0 Å². The minimum Gasteiger partial charge on any atom is -0.311 e. The molecule has 0 bridgehead atoms. The molecule has 0 aromatic carbocycles. The third kappa shape index (κ3) is 6.76. The first-order valence-corrected chi connectivity index (χ1v) is 8.30. The van der Waals surface area contributed by atoms with Gasteiger partial charge in [-0.1, -0.05) is 26.7 Å². The number of nitrogens with zero attached hydrogens (tertiary/aromatic N) is 1. The summed E-state index contributed by atoms with van der Waals surface area (Å²) in [7, 11) is 0. The van der Waals surface area contributed by atoms with Crippen LogP contribution in [0.2, 0.25) is 0 Å². The highest BCUT2D eigenvalue weighted by atomic mass is 15.2. The molecule has 0 radical (unpaired) electrons. The number of hydrogen-bond acceptors (Lipinski definition) is 2. The number of rotatable bonds is 7. The van der Waals surface area contributed by atoms with Crippen LogP contribution in [0.15, 0.2) is 0 Å². The third-order valence-corrected chi connectivity index (χ3v) is 4.25. The molecule has 0 heterocycles. The zero-order chi connectivity index (χ0) is 14.5. The van der Waals surface area contributed by atoms with Crippen LogP contribution in [0.4, 0.5) is 0 Å². The highest BCUT2D eigenvalue weighted by Gasteiger charge is 2.26. The fourth-order valence-electron chi connectivity index (χ4n) is 2.98. The molecule has 0 spiro atoms. The summed E-state index contributed by atoms with van der Waals surface area (Å²) in [5.74, 6) is 0.812. The summed E-state index contributed by atoms with van der Waals surface area (Å²) in [5, 5.41) is 3.67. The van der Waals surface area contributed by atoms with E-state index in [9.17, 15) is 0 Å². The summed E-state index contributed by atoms with van der Waals surface area (Å²) in [6.07, 6.45) is 7.02. The van der Waals surface area contributed by atoms with E-state index in [-0.39, 0.29) is 5.54 Å². The minimum absolute atomic E-state index is 0.230. The summed E-state index contributed by atoms with van der Waals surface area (Å²) < 4.78 is 0. The van der Waals surface area contributed by atoms with Crippen LogP contribution in [0.5, 0.6) is 0 Å². The van der Waals surface area contributed by atoms with E-state index in [2.05, 4.69) is 51.8 Å². The summed E-state index contributed by atoms with van der Waals surface area (Å²) in [6.45, 7) is 16.2. The van der Waals surface area contributed by atoms with Gasteiger partial charge in [-0.3, -0.25) is 4.90 Å². The van der Waals surface area contributed by atoms with Crippen LogP contribution >= 0.6 is 0 Å². The molecule has 1 aliphatic rings. The van der Waals surface area contributed by atoms with E-state index in [0.29, 0.717) is 6.04 Å². The van der Waals surface area contributed by atoms with E-state index >= 15 is 0 Å². The molecule has 1 N–H and O–H groups in total. The maximum atomic E-state index is 3.67. The Morgan fingerprint density at radius 2 is 1.68 bits per heavy atom. The van der Waals surface area contributed by atoms with Crippen LogP contribution in [0, 0.1) is 5.92 Å². The van der Waals surface area contributed by atoms with Gasteiger partial charge in [-0.25, -0.2) is 0 Å². The fourth-order valence-corrected chi connectivity index (χ4v) is 2.98. The second-order valence-electron chi connectivity index (χ2n) is 7.84. The van der Waals surface area contributed by atoms with Gasteiger partial charge in [0.25, 0.3) is 0 Å². The summed E-state index contributed by atoms with van der Waals surface area (Å²) in [5.41, 5.74) is 0.230. The Hall–Kier alpha value is -0.0800. The van der Waals surface area contributed by atoms with Crippen molar-refractivity contribution in [3.8, 4) is 0 Å². The van der Waals surface area contributed by atoms with Crippen molar-refractivity contribution in [1.29, 1.82) is 0 Å². The van der Waals surface area contributed by atoms with E-state index in [1.165, 1.54) is 38.6 Å². The van der Waals surface area contributed by atoms with Gasteiger partial charge in [0.1, 0.15) is 0 Å². The van der Waals surface area contributed by atoms with Gasteiger partial charge in [0.05, 0.1) is 0 Å². The zero-order valence-electron chi connectivity index (χ0n) is 14.1. The molecule has 0 saturated heterocycles. The van der Waals surface area contributed by atoms with Crippen LogP contribution in [0.3, 0.4) is 0 Å². The molecular weight excluding hydrogens is 232 g/mol. The highest BCUT2D eigenvalue weighted by Crippen LogP contribution is 2.25. The molecule has 19 heavy (non-hydrogen) atoms. The van der Waals surface area contributed by atoms with Gasteiger partial charge >= 0.3 is 0 Å². The Balaban J connectivity index is 2.50. The molecule has 1 unspecified atom stereocenters. The van der Waals surface area contributed by atoms with Crippen molar-refractivity contribution in [3.05, 3.63) is 0 Å². The molecule has 0 aliphatic heterocycles. The maximum Gasteiger partial charge on any atom is 0.0195 e. The lowest BCUT2D eigenvalue weighted by atomic mass is 10.1. The SMILES string of the molecule is CC(C)CCN(C(C)CNC(C)(C)C)C1CCCC1. The first-order valence-electron chi connectivity index (χ1n) is 8.30. The van der Waals surface area contributed by atoms with Crippen LogP contribution < -0.4 is 5.32 Å². The average molecular weight is 268 g/mol. The Morgan fingerprint density at radius 3 is 2.16 bits per heavy atom. The second-order valence-corrected chi connectivity index (χ2v) is 7.84. The van der Waals surface area contributed by atoms with Crippen LogP contribution in [-0.4, -0.2) is 35.6 Å². The van der Waals surface area contributed by atoms with E-state index < -0.39 is 0 Å². The molecule has 114 valence electrons. The van der Waals surface area contributed by atoms with Crippen LogP contribution in [0.1, 0.15) is 73.6 Å². The molecule has 1 aliphatic carbocycles. The van der Waals surface area contributed by atoms with Gasteiger partial charge in [0.15, 0.2) is 0 Å². The lowest BCUT2D eigenvalue weighted by Crippen LogP contribution is -2.49. The van der Waals surface area contributed by atoms with Crippen LogP contribution in [-0.2, 0) is 0 Å². The molecule has 0 amide bonds. The van der Waals surface area contributed by atoms with Gasteiger partial charge in [0, 0.05) is 24.2 Å². The molecule has 0 aromatic heterocycles. The molecule has 2 heteroatoms. The summed E-state index contributed by atoms with van der Waals surface area (Å²) in [6, 6.07) is 1.50. The van der Waals surface area contributed by atoms with E-state index in [4.69, 9.17) is 0 Å². The molecular formula is C17H36N2. The van der Waals surface area contributed by atoms with Crippen molar-refractivity contribution in [2.24, 2.45) is 5.92 Å². The zero-order valence-corrected chi connectivity index (χ0v) is 14.1. The number of nitrogens with one attached hydrogen (secondary N) is 1. The predicted octanol–water partition coefficient (Wildman–Crippen LogP) is 4.05. The smallest absolute Gasteiger partial charge is 0.0195 e. The van der Waals surface area contributed by atoms with Crippen LogP contribution in [0.25, 0.3) is 0 Å². The minimum atomic E-state index is 0.230. The summed E-state index contributed by atoms with van der Waals surface area (Å²) >= 11 is 0. The fraction of sp³-hybridized carbons (Fsp3) is 1.00. The van der Waals surface area contributed by atoms with Gasteiger partial charge in [-0.15, -0.1) is 0 Å². The molecule has 1 atom stereocenters. The second kappa shape index (κ2) is 7.64. The van der Waals surface area contributed by atoms with E-state index in [1.54, 1.807) is 0 Å². The average Bonchev–Trinajstić information content (AvgIpc) is 2.79. The quantitative estimate of drug-likeness (QED) is 0.749. The highest BCUT2D eigenvalue weighted by molar-refractivity contribution is 4.84. The molecule has 2 nitrogen and oxygen atoms in total. The Bertz CT molecular complexity index is 236. The largest absolute Gasteiger partial charge is 0.311 e. The Morgan fingerprint density at radius 1 is 1.11 bits per heavy atom. The normalized spacial score (nSPS) is 19.6. The lowest BCUT2D eigenvalue weighted by molar-refractivity contribution is 0.130. The van der Waals surface area contributed by atoms with E-state index in [1.807, 2.05) is 0 Å². The van der Waals surface area contributed by atoms with Gasteiger partial charge in [-0.05, 0) is 59.4 Å². The lowest BCUT2D eigenvalue weighted by Gasteiger charge is -2.36. The molecule has 1 saturated carbocycles. The van der Waals surface area contributed by atoms with E-state index in [0.717, 1.165) is 18.5 Å². The molecule has 0 aromatic rings. The predicted molar refractivity (Wildman–Crippen MR) is 85.6 cm³/mol. The van der Waals surface area contributed by atoms with Gasteiger partial charge in [-0.2, -0.15) is 0 Å². The Kier molecular flexibility index (Phi) is 6.82. The monoisotopic (exact) mass is 268 g/mol.